The lowest BCUT2D eigenvalue weighted by Crippen LogP contribution is -2.45. The Kier molecular flexibility index (Phi) is 3.04. The topological polar surface area (TPSA) is 57.6 Å². The van der Waals surface area contributed by atoms with Crippen molar-refractivity contribution in [1.82, 2.24) is 0 Å². The van der Waals surface area contributed by atoms with E-state index in [0.29, 0.717) is 21.8 Å². The summed E-state index contributed by atoms with van der Waals surface area (Å²) in [5, 5.41) is 10.5. The monoisotopic (exact) mass is 287 g/mol. The minimum Gasteiger partial charge on any atom is -0.378 e. The molecule has 0 radical (unpaired) electrons. The van der Waals surface area contributed by atoms with Gasteiger partial charge in [0.1, 0.15) is 0 Å². The van der Waals surface area contributed by atoms with Crippen LogP contribution in [0.4, 0.5) is 5.69 Å². The van der Waals surface area contributed by atoms with Gasteiger partial charge in [0.2, 0.25) is 0 Å². The normalized spacial score (nSPS) is 18.1. The average molecular weight is 288 g/mol. The van der Waals surface area contributed by atoms with E-state index in [-0.39, 0.29) is 0 Å². The molecule has 1 atom stereocenters. The minimum atomic E-state index is -1.34. The van der Waals surface area contributed by atoms with Gasteiger partial charge in [0.15, 0.2) is 6.10 Å². The number of anilines is 1. The molecule has 0 bridgehead atoms. The summed E-state index contributed by atoms with van der Waals surface area (Å²) in [6.07, 6.45) is -1.34. The molecule has 0 aromatic heterocycles. The van der Waals surface area contributed by atoms with E-state index >= 15 is 0 Å². The fraction of sp³-hybridized carbons (Fsp3) is 0.0667. The zero-order valence-electron chi connectivity index (χ0n) is 10.3. The van der Waals surface area contributed by atoms with Gasteiger partial charge < -0.3 is 5.11 Å². The molecule has 20 heavy (non-hydrogen) atoms. The highest BCUT2D eigenvalue weighted by atomic mass is 35.5. The fourth-order valence-corrected chi connectivity index (χ4v) is 2.45. The van der Waals surface area contributed by atoms with E-state index in [1.165, 1.54) is 6.07 Å². The predicted molar refractivity (Wildman–Crippen MR) is 74.7 cm³/mol. The third-order valence-electron chi connectivity index (χ3n) is 3.21. The number of carbonyl (C=O) groups excluding carboxylic acids is 2. The van der Waals surface area contributed by atoms with Crippen LogP contribution in [0.5, 0.6) is 0 Å². The van der Waals surface area contributed by atoms with Crippen molar-refractivity contribution in [2.45, 2.75) is 6.10 Å². The van der Waals surface area contributed by atoms with Crippen molar-refractivity contribution >= 4 is 29.1 Å². The molecule has 0 saturated carbocycles. The van der Waals surface area contributed by atoms with Crippen molar-refractivity contribution in [3.05, 3.63) is 64.7 Å². The van der Waals surface area contributed by atoms with Crippen LogP contribution >= 0.6 is 11.6 Å². The number of aliphatic hydroxyl groups excluding tert-OH is 1. The van der Waals surface area contributed by atoms with Crippen LogP contribution in [0.1, 0.15) is 22.0 Å². The van der Waals surface area contributed by atoms with Gasteiger partial charge in [0.25, 0.3) is 11.8 Å². The molecule has 4 nitrogen and oxygen atoms in total. The number of nitrogens with zero attached hydrogens (tertiary/aromatic N) is 1. The van der Waals surface area contributed by atoms with E-state index in [9.17, 15) is 14.7 Å². The molecular weight excluding hydrogens is 278 g/mol. The zero-order valence-corrected chi connectivity index (χ0v) is 11.0. The van der Waals surface area contributed by atoms with Gasteiger partial charge in [0.05, 0.1) is 5.69 Å². The number of fused-ring (bicyclic) bond motifs is 1. The summed E-state index contributed by atoms with van der Waals surface area (Å²) in [6, 6.07) is 12.9. The van der Waals surface area contributed by atoms with Crippen molar-refractivity contribution < 1.29 is 14.7 Å². The summed E-state index contributed by atoms with van der Waals surface area (Å²) in [5.41, 5.74) is 1.00. The molecule has 0 aliphatic carbocycles. The number of hydrogen-bond donors (Lipinski definition) is 1. The van der Waals surface area contributed by atoms with Gasteiger partial charge in [-0.1, -0.05) is 35.9 Å². The molecule has 1 unspecified atom stereocenters. The molecular formula is C15H10ClNO3. The quantitative estimate of drug-likeness (QED) is 0.820. The number of rotatable bonds is 1. The predicted octanol–water partition coefficient (Wildman–Crippen LogP) is 2.56. The molecule has 2 amide bonds. The van der Waals surface area contributed by atoms with E-state index in [4.69, 9.17) is 11.6 Å². The summed E-state index contributed by atoms with van der Waals surface area (Å²) in [4.78, 5) is 25.6. The molecule has 1 aliphatic rings. The summed E-state index contributed by atoms with van der Waals surface area (Å²) >= 11 is 5.88. The molecule has 2 aromatic carbocycles. The Hall–Kier alpha value is -2.17. The maximum absolute atomic E-state index is 12.4. The number of imide groups is 1. The van der Waals surface area contributed by atoms with Gasteiger partial charge in [-0.15, -0.1) is 0 Å². The van der Waals surface area contributed by atoms with Crippen molar-refractivity contribution in [3.63, 3.8) is 0 Å². The molecule has 0 spiro atoms. The van der Waals surface area contributed by atoms with E-state index in [2.05, 4.69) is 0 Å². The first kappa shape index (κ1) is 12.8. The van der Waals surface area contributed by atoms with Gasteiger partial charge in [-0.25, -0.2) is 4.90 Å². The maximum Gasteiger partial charge on any atom is 0.267 e. The number of aliphatic hydroxyl groups is 1. The van der Waals surface area contributed by atoms with Crippen LogP contribution in [0.15, 0.2) is 48.5 Å². The smallest absolute Gasteiger partial charge is 0.267 e. The SMILES string of the molecule is O=C1c2ccccc2C(O)C(=O)N1c1cccc(Cl)c1. The number of halogens is 1. The van der Waals surface area contributed by atoms with Gasteiger partial charge >= 0.3 is 0 Å². The summed E-state index contributed by atoms with van der Waals surface area (Å²) in [5.74, 6) is -1.13. The van der Waals surface area contributed by atoms with Gasteiger partial charge in [-0.2, -0.15) is 0 Å². The van der Waals surface area contributed by atoms with Crippen LogP contribution in [0.2, 0.25) is 5.02 Å². The molecule has 0 saturated heterocycles. The third kappa shape index (κ3) is 1.90. The highest BCUT2D eigenvalue weighted by Crippen LogP contribution is 2.31. The molecule has 1 heterocycles. The highest BCUT2D eigenvalue weighted by Gasteiger charge is 2.38. The zero-order chi connectivity index (χ0) is 14.3. The second kappa shape index (κ2) is 4.74. The van der Waals surface area contributed by atoms with Gasteiger partial charge in [-0.3, -0.25) is 9.59 Å². The molecule has 5 heteroatoms. The Balaban J connectivity index is 2.15. The summed E-state index contributed by atoms with van der Waals surface area (Å²) in [6.45, 7) is 0. The Bertz CT molecular complexity index is 714. The first-order valence-corrected chi connectivity index (χ1v) is 6.38. The largest absolute Gasteiger partial charge is 0.378 e. The second-order valence-corrected chi connectivity index (χ2v) is 4.88. The van der Waals surface area contributed by atoms with Crippen molar-refractivity contribution in [2.24, 2.45) is 0 Å². The van der Waals surface area contributed by atoms with Crippen LogP contribution in [0.3, 0.4) is 0 Å². The lowest BCUT2D eigenvalue weighted by molar-refractivity contribution is -0.126. The van der Waals surface area contributed by atoms with Crippen molar-refractivity contribution in [1.29, 1.82) is 0 Å². The molecule has 2 aromatic rings. The van der Waals surface area contributed by atoms with E-state index in [1.807, 2.05) is 0 Å². The van der Waals surface area contributed by atoms with Crippen LogP contribution < -0.4 is 4.90 Å². The van der Waals surface area contributed by atoms with Crippen LogP contribution in [-0.2, 0) is 4.79 Å². The lowest BCUT2D eigenvalue weighted by Gasteiger charge is -2.30. The van der Waals surface area contributed by atoms with E-state index < -0.39 is 17.9 Å². The number of amides is 2. The van der Waals surface area contributed by atoms with Gasteiger partial charge in [0, 0.05) is 16.1 Å². The fourth-order valence-electron chi connectivity index (χ4n) is 2.27. The second-order valence-electron chi connectivity index (χ2n) is 4.45. The first-order chi connectivity index (χ1) is 9.59. The Morgan fingerprint density at radius 2 is 1.80 bits per heavy atom. The lowest BCUT2D eigenvalue weighted by atomic mass is 9.95. The van der Waals surface area contributed by atoms with Crippen LogP contribution in [-0.4, -0.2) is 16.9 Å². The molecule has 1 N–H and O–H groups in total. The highest BCUT2D eigenvalue weighted by molar-refractivity contribution is 6.31. The molecule has 3 rings (SSSR count). The maximum atomic E-state index is 12.4. The van der Waals surface area contributed by atoms with E-state index in [1.54, 1.807) is 42.5 Å². The average Bonchev–Trinajstić information content (AvgIpc) is 2.45. The Morgan fingerprint density at radius 3 is 2.55 bits per heavy atom. The first-order valence-electron chi connectivity index (χ1n) is 6.00. The van der Waals surface area contributed by atoms with Crippen LogP contribution in [0, 0.1) is 0 Å². The minimum absolute atomic E-state index is 0.319. The summed E-state index contributed by atoms with van der Waals surface area (Å²) < 4.78 is 0. The number of hydrogen-bond acceptors (Lipinski definition) is 3. The van der Waals surface area contributed by atoms with Crippen molar-refractivity contribution in [3.8, 4) is 0 Å². The standard InChI is InChI=1S/C15H10ClNO3/c16-9-4-3-5-10(8-9)17-14(19)12-7-2-1-6-11(12)13(18)15(17)20/h1-8,13,18H. The molecule has 100 valence electrons. The number of benzene rings is 2. The Labute approximate surface area is 120 Å². The molecule has 0 fully saturated rings. The van der Waals surface area contributed by atoms with E-state index in [0.717, 1.165) is 4.90 Å². The molecule has 1 aliphatic heterocycles. The van der Waals surface area contributed by atoms with Gasteiger partial charge in [-0.05, 0) is 24.3 Å². The number of carbonyl (C=O) groups is 2. The van der Waals surface area contributed by atoms with Crippen LogP contribution in [0.25, 0.3) is 0 Å². The van der Waals surface area contributed by atoms with Crippen molar-refractivity contribution in [2.75, 3.05) is 4.90 Å². The Morgan fingerprint density at radius 1 is 1.05 bits per heavy atom. The third-order valence-corrected chi connectivity index (χ3v) is 3.44. The summed E-state index contributed by atoms with van der Waals surface area (Å²) in [7, 11) is 0.